The average molecular weight is 313 g/mol. The fourth-order valence-electron chi connectivity index (χ4n) is 2.23. The highest BCUT2D eigenvalue weighted by molar-refractivity contribution is 7.16. The molecule has 0 atom stereocenters. The summed E-state index contributed by atoms with van der Waals surface area (Å²) in [7, 11) is 0. The molecule has 0 spiro atoms. The molecule has 0 unspecified atom stereocenters. The fourth-order valence-corrected chi connectivity index (χ4v) is 2.97. The molecule has 22 heavy (non-hydrogen) atoms. The lowest BCUT2D eigenvalue weighted by Crippen LogP contribution is -2.09. The highest BCUT2D eigenvalue weighted by Crippen LogP contribution is 2.31. The zero-order valence-corrected chi connectivity index (χ0v) is 13.2. The Balaban J connectivity index is 2.20. The van der Waals surface area contributed by atoms with Crippen molar-refractivity contribution in [1.29, 1.82) is 0 Å². The number of ether oxygens (including phenoxy) is 1. The minimum absolute atomic E-state index is 0.263. The molecule has 0 aliphatic carbocycles. The van der Waals surface area contributed by atoms with Gasteiger partial charge in [-0.2, -0.15) is 5.10 Å². The first-order chi connectivity index (χ1) is 10.6. The van der Waals surface area contributed by atoms with E-state index < -0.39 is 5.97 Å². The predicted octanol–water partition coefficient (Wildman–Crippen LogP) is 3.34. The normalized spacial score (nSPS) is 10.8. The Morgan fingerprint density at radius 1 is 1.36 bits per heavy atom. The lowest BCUT2D eigenvalue weighted by Gasteiger charge is -2.06. The van der Waals surface area contributed by atoms with Crippen LogP contribution in [0, 0.1) is 6.92 Å². The van der Waals surface area contributed by atoms with E-state index in [1.807, 2.05) is 37.3 Å². The number of hydrogen-bond donors (Lipinski definition) is 0. The molecule has 112 valence electrons. The number of rotatable bonds is 4. The molecule has 0 radical (unpaired) electrons. The summed E-state index contributed by atoms with van der Waals surface area (Å²) in [5, 5.41) is 5.30. The molecule has 0 fully saturated rings. The van der Waals surface area contributed by atoms with Gasteiger partial charge < -0.3 is 4.74 Å². The van der Waals surface area contributed by atoms with Crippen LogP contribution >= 0.6 is 11.3 Å². The summed E-state index contributed by atoms with van der Waals surface area (Å²) in [6.07, 6.45) is 0. The second-order valence-corrected chi connectivity index (χ2v) is 5.85. The van der Waals surface area contributed by atoms with Gasteiger partial charge >= 0.3 is 5.97 Å². The number of aromatic nitrogens is 3. The Bertz CT molecular complexity index is 849. The quantitative estimate of drug-likeness (QED) is 0.547. The first kappa shape index (κ1) is 14.5. The van der Waals surface area contributed by atoms with E-state index in [-0.39, 0.29) is 5.57 Å². The van der Waals surface area contributed by atoms with E-state index in [1.165, 1.54) is 11.3 Å². The number of benzene rings is 1. The Hall–Kier alpha value is -2.47. The van der Waals surface area contributed by atoms with Gasteiger partial charge in [0.15, 0.2) is 0 Å². The molecule has 0 N–H and O–H groups in total. The number of fused-ring (bicyclic) bond motifs is 1. The van der Waals surface area contributed by atoms with Gasteiger partial charge in [0.2, 0.25) is 4.96 Å². The number of aryl methyl sites for hydroxylation is 1. The molecule has 0 aliphatic heterocycles. The zero-order valence-electron chi connectivity index (χ0n) is 12.4. The molecule has 0 bridgehead atoms. The van der Waals surface area contributed by atoms with E-state index >= 15 is 0 Å². The van der Waals surface area contributed by atoms with Crippen LogP contribution in [0.4, 0.5) is 0 Å². The van der Waals surface area contributed by atoms with Gasteiger partial charge in [0.05, 0.1) is 12.2 Å². The highest BCUT2D eigenvalue weighted by Gasteiger charge is 2.23. The van der Waals surface area contributed by atoms with Crippen molar-refractivity contribution in [2.75, 3.05) is 6.61 Å². The van der Waals surface area contributed by atoms with Crippen LogP contribution in [-0.4, -0.2) is 27.2 Å². The Morgan fingerprint density at radius 2 is 2.09 bits per heavy atom. The summed E-state index contributed by atoms with van der Waals surface area (Å²) in [5.41, 5.74) is 2.46. The minimum atomic E-state index is -0.452. The molecular formula is C16H15N3O2S. The molecule has 3 aromatic rings. The maximum Gasteiger partial charge on any atom is 0.339 e. The van der Waals surface area contributed by atoms with Crippen LogP contribution in [0.5, 0.6) is 0 Å². The number of imidazole rings is 1. The van der Waals surface area contributed by atoms with Gasteiger partial charge in [-0.3, -0.25) is 0 Å². The second kappa shape index (κ2) is 5.73. The van der Waals surface area contributed by atoms with Crippen LogP contribution in [0.2, 0.25) is 0 Å². The topological polar surface area (TPSA) is 56.5 Å². The number of esters is 1. The third kappa shape index (κ3) is 2.42. The van der Waals surface area contributed by atoms with Crippen LogP contribution in [0.15, 0.2) is 36.9 Å². The van der Waals surface area contributed by atoms with E-state index in [0.29, 0.717) is 18.0 Å². The molecule has 0 amide bonds. The van der Waals surface area contributed by atoms with Gasteiger partial charge in [-0.25, -0.2) is 14.3 Å². The van der Waals surface area contributed by atoms with Crippen molar-refractivity contribution in [3.63, 3.8) is 0 Å². The summed E-state index contributed by atoms with van der Waals surface area (Å²) in [4.78, 5) is 17.4. The molecule has 2 aromatic heterocycles. The molecule has 5 nitrogen and oxygen atoms in total. The molecule has 6 heteroatoms. The zero-order chi connectivity index (χ0) is 15.7. The number of hydrogen-bond acceptors (Lipinski definition) is 5. The van der Waals surface area contributed by atoms with Crippen LogP contribution in [0.1, 0.15) is 17.6 Å². The van der Waals surface area contributed by atoms with Crippen molar-refractivity contribution in [2.24, 2.45) is 0 Å². The van der Waals surface area contributed by atoms with Crippen molar-refractivity contribution in [2.45, 2.75) is 13.8 Å². The summed E-state index contributed by atoms with van der Waals surface area (Å²) in [5.74, 6) is -0.452. The van der Waals surface area contributed by atoms with Gasteiger partial charge in [0.25, 0.3) is 0 Å². The largest absolute Gasteiger partial charge is 0.462 e. The molecular weight excluding hydrogens is 298 g/mol. The number of nitrogens with zero attached hydrogens (tertiary/aromatic N) is 3. The molecule has 0 aliphatic rings. The lowest BCUT2D eigenvalue weighted by molar-refractivity contribution is -0.136. The summed E-state index contributed by atoms with van der Waals surface area (Å²) in [6.45, 7) is 7.86. The van der Waals surface area contributed by atoms with Crippen LogP contribution < -0.4 is 0 Å². The van der Waals surface area contributed by atoms with Gasteiger partial charge in [-0.05, 0) is 13.8 Å². The summed E-state index contributed by atoms with van der Waals surface area (Å²) < 4.78 is 6.74. The third-order valence-electron chi connectivity index (χ3n) is 3.16. The fraction of sp³-hybridized carbons (Fsp3) is 0.188. The van der Waals surface area contributed by atoms with E-state index in [0.717, 1.165) is 15.5 Å². The van der Waals surface area contributed by atoms with E-state index in [2.05, 4.69) is 16.7 Å². The monoisotopic (exact) mass is 313 g/mol. The lowest BCUT2D eigenvalue weighted by atomic mass is 10.1. The Labute approximate surface area is 131 Å². The van der Waals surface area contributed by atoms with Crippen molar-refractivity contribution < 1.29 is 9.53 Å². The van der Waals surface area contributed by atoms with Crippen LogP contribution in [0.3, 0.4) is 0 Å². The number of carbonyl (C=O) groups is 1. The van der Waals surface area contributed by atoms with Gasteiger partial charge in [-0.1, -0.05) is 48.2 Å². The second-order valence-electron chi connectivity index (χ2n) is 4.69. The molecule has 1 aromatic carbocycles. The van der Waals surface area contributed by atoms with E-state index in [4.69, 9.17) is 4.74 Å². The Kier molecular flexibility index (Phi) is 3.77. The van der Waals surface area contributed by atoms with Crippen molar-refractivity contribution in [3.8, 4) is 11.3 Å². The third-order valence-corrected chi connectivity index (χ3v) is 3.98. The van der Waals surface area contributed by atoms with Crippen LogP contribution in [-0.2, 0) is 9.53 Å². The number of carbonyl (C=O) groups excluding carboxylic acids is 1. The van der Waals surface area contributed by atoms with Gasteiger partial charge in [0, 0.05) is 5.56 Å². The first-order valence-electron chi connectivity index (χ1n) is 6.89. The minimum Gasteiger partial charge on any atom is -0.462 e. The maximum absolute atomic E-state index is 12.1. The van der Waals surface area contributed by atoms with Crippen molar-refractivity contribution in [1.82, 2.24) is 14.6 Å². The molecule has 3 rings (SSSR count). The van der Waals surface area contributed by atoms with E-state index in [9.17, 15) is 4.79 Å². The molecule has 2 heterocycles. The van der Waals surface area contributed by atoms with E-state index in [1.54, 1.807) is 11.4 Å². The maximum atomic E-state index is 12.1. The predicted molar refractivity (Wildman–Crippen MR) is 86.7 cm³/mol. The van der Waals surface area contributed by atoms with Crippen molar-refractivity contribution >= 4 is 27.8 Å². The van der Waals surface area contributed by atoms with Crippen LogP contribution in [0.25, 0.3) is 21.8 Å². The summed E-state index contributed by atoms with van der Waals surface area (Å²) >= 11 is 1.47. The molecule has 0 saturated heterocycles. The SMILES string of the molecule is C=C(C(=O)OCC)c1c(-c2ccccc2)nc2sc(C)nn12. The standard InChI is InChI=1S/C16H15N3O2S/c1-4-21-15(20)10(2)14-13(12-8-6-5-7-9-12)17-16-19(14)18-11(3)22-16/h5-9H,2,4H2,1,3H3. The first-order valence-corrected chi connectivity index (χ1v) is 7.71. The van der Waals surface area contributed by atoms with Gasteiger partial charge in [-0.15, -0.1) is 0 Å². The summed E-state index contributed by atoms with van der Waals surface area (Å²) in [6, 6.07) is 9.68. The van der Waals surface area contributed by atoms with Gasteiger partial charge in [0.1, 0.15) is 16.4 Å². The highest BCUT2D eigenvalue weighted by atomic mass is 32.1. The van der Waals surface area contributed by atoms with Crippen molar-refractivity contribution in [3.05, 3.63) is 47.6 Å². The average Bonchev–Trinajstić information content (AvgIpc) is 3.03. The molecule has 0 saturated carbocycles. The smallest absolute Gasteiger partial charge is 0.339 e. The Morgan fingerprint density at radius 3 is 2.77 bits per heavy atom.